The predicted octanol–water partition coefficient (Wildman–Crippen LogP) is 1.62. The van der Waals surface area contributed by atoms with Crippen molar-refractivity contribution in [1.29, 1.82) is 0 Å². The lowest BCUT2D eigenvalue weighted by Crippen LogP contribution is -2.33. The molecule has 1 unspecified atom stereocenters. The number of esters is 1. The first kappa shape index (κ1) is 20.7. The van der Waals surface area contributed by atoms with Crippen LogP contribution in [0.3, 0.4) is 0 Å². The van der Waals surface area contributed by atoms with Crippen molar-refractivity contribution < 1.29 is 28.9 Å². The van der Waals surface area contributed by atoms with Gasteiger partial charge in [-0.2, -0.15) is 0 Å². The average molecular weight is 319 g/mol. The Morgan fingerprint density at radius 2 is 2.05 bits per heavy atom. The molecule has 130 valence electrons. The summed E-state index contributed by atoms with van der Waals surface area (Å²) in [5.41, 5.74) is -0.494. The number of hydrogen-bond acceptors (Lipinski definition) is 6. The number of rotatable bonds is 5. The van der Waals surface area contributed by atoms with E-state index < -0.39 is 11.7 Å². The third kappa shape index (κ3) is 12.4. The van der Waals surface area contributed by atoms with Gasteiger partial charge in [-0.3, -0.25) is 4.79 Å². The summed E-state index contributed by atoms with van der Waals surface area (Å²) >= 11 is 0. The highest BCUT2D eigenvalue weighted by molar-refractivity contribution is 5.69. The van der Waals surface area contributed by atoms with Crippen LogP contribution in [0.25, 0.3) is 0 Å². The van der Waals surface area contributed by atoms with Crippen LogP contribution in [0.1, 0.15) is 46.5 Å². The highest BCUT2D eigenvalue weighted by atomic mass is 16.6. The topological polar surface area (TPSA) is 94.1 Å². The van der Waals surface area contributed by atoms with Gasteiger partial charge in [0, 0.05) is 19.6 Å². The summed E-state index contributed by atoms with van der Waals surface area (Å²) in [7, 11) is 1.34. The summed E-state index contributed by atoms with van der Waals surface area (Å²) in [4.78, 5) is 21.8. The molecular formula is C15H29NO6. The third-order valence-electron chi connectivity index (χ3n) is 2.68. The van der Waals surface area contributed by atoms with Gasteiger partial charge in [0.15, 0.2) is 0 Å². The molecule has 1 fully saturated rings. The number of aliphatic hydroxyl groups is 1. The van der Waals surface area contributed by atoms with Crippen LogP contribution in [0.4, 0.5) is 4.79 Å². The maximum atomic E-state index is 11.1. The summed E-state index contributed by atoms with van der Waals surface area (Å²) < 4.78 is 14.5. The molecule has 0 aliphatic carbocycles. The number of methoxy groups -OCH3 is 1. The van der Waals surface area contributed by atoms with Gasteiger partial charge in [-0.15, -0.1) is 0 Å². The number of hydrogen-bond donors (Lipinski definition) is 2. The zero-order valence-corrected chi connectivity index (χ0v) is 14.0. The van der Waals surface area contributed by atoms with Crippen LogP contribution >= 0.6 is 0 Å². The summed E-state index contributed by atoms with van der Waals surface area (Å²) in [5, 5.41) is 11.0. The first-order valence-electron chi connectivity index (χ1n) is 7.54. The molecule has 1 aliphatic rings. The number of carbonyl (C=O) groups is 2. The highest BCUT2D eigenvalue weighted by Crippen LogP contribution is 2.09. The fourth-order valence-electron chi connectivity index (χ4n) is 1.63. The molecular weight excluding hydrogens is 290 g/mol. The minimum absolute atomic E-state index is 0.153. The number of carbonyl (C=O) groups excluding carboxylic acids is 2. The van der Waals surface area contributed by atoms with E-state index in [1.165, 1.54) is 7.11 Å². The van der Waals surface area contributed by atoms with Crippen LogP contribution in [0.2, 0.25) is 0 Å². The summed E-state index contributed by atoms with van der Waals surface area (Å²) in [5.74, 6) is -0.277. The van der Waals surface area contributed by atoms with Gasteiger partial charge in [0.2, 0.25) is 0 Å². The van der Waals surface area contributed by atoms with E-state index >= 15 is 0 Å². The van der Waals surface area contributed by atoms with Gasteiger partial charge >= 0.3 is 12.1 Å². The van der Waals surface area contributed by atoms with E-state index in [4.69, 9.17) is 14.6 Å². The molecule has 1 atom stereocenters. The standard InChI is InChI=1S/C10H19NO4.C5H10O2/c1-10(2,3)15-9(13)11-7-5-6-8(12)14-4;6-4-5-2-1-3-7-5/h5-7H2,1-4H3,(H,11,13);5-6H,1-4H2. The molecule has 0 aromatic rings. The van der Waals surface area contributed by atoms with Crippen LogP contribution in [0.5, 0.6) is 0 Å². The molecule has 7 heteroatoms. The second-order valence-corrected chi connectivity index (χ2v) is 5.93. The average Bonchev–Trinajstić information content (AvgIpc) is 2.95. The van der Waals surface area contributed by atoms with Gasteiger partial charge < -0.3 is 24.6 Å². The molecule has 0 radical (unpaired) electrons. The van der Waals surface area contributed by atoms with Gasteiger partial charge in [-0.1, -0.05) is 0 Å². The van der Waals surface area contributed by atoms with E-state index in [2.05, 4.69) is 10.1 Å². The van der Waals surface area contributed by atoms with Crippen LogP contribution in [0, 0.1) is 0 Å². The lowest BCUT2D eigenvalue weighted by atomic mass is 10.2. The maximum absolute atomic E-state index is 11.1. The highest BCUT2D eigenvalue weighted by Gasteiger charge is 2.15. The SMILES string of the molecule is COC(=O)CCCNC(=O)OC(C)(C)C.OCC1CCCO1. The monoisotopic (exact) mass is 319 g/mol. The van der Waals surface area contributed by atoms with Crippen molar-refractivity contribution in [2.75, 3.05) is 26.9 Å². The van der Waals surface area contributed by atoms with Gasteiger partial charge in [0.25, 0.3) is 0 Å². The lowest BCUT2D eigenvalue weighted by Gasteiger charge is -2.19. The number of nitrogens with one attached hydrogen (secondary N) is 1. The Kier molecular flexibility index (Phi) is 10.6. The second-order valence-electron chi connectivity index (χ2n) is 5.93. The number of ether oxygens (including phenoxy) is 3. The van der Waals surface area contributed by atoms with E-state index in [1.807, 2.05) is 0 Å². The molecule has 0 saturated carbocycles. The van der Waals surface area contributed by atoms with Crippen LogP contribution in [-0.2, 0) is 19.0 Å². The molecule has 1 aliphatic heterocycles. The first-order valence-corrected chi connectivity index (χ1v) is 7.54. The normalized spacial score (nSPS) is 17.2. The van der Waals surface area contributed by atoms with Gasteiger partial charge in [0.1, 0.15) is 5.60 Å². The van der Waals surface area contributed by atoms with Crippen molar-refractivity contribution in [2.24, 2.45) is 0 Å². The molecule has 0 bridgehead atoms. The fraction of sp³-hybridized carbons (Fsp3) is 0.867. The smallest absolute Gasteiger partial charge is 0.407 e. The number of alkyl carbamates (subject to hydrolysis) is 1. The summed E-state index contributed by atoms with van der Waals surface area (Å²) in [6.45, 7) is 6.82. The molecule has 1 rings (SSSR count). The zero-order chi connectivity index (χ0) is 17.0. The van der Waals surface area contributed by atoms with Crippen LogP contribution in [0.15, 0.2) is 0 Å². The molecule has 7 nitrogen and oxygen atoms in total. The molecule has 22 heavy (non-hydrogen) atoms. The molecule has 2 N–H and O–H groups in total. The van der Waals surface area contributed by atoms with Crippen molar-refractivity contribution in [1.82, 2.24) is 5.32 Å². The Morgan fingerprint density at radius 1 is 1.36 bits per heavy atom. The van der Waals surface area contributed by atoms with Gasteiger partial charge in [-0.05, 0) is 40.0 Å². The Bertz CT molecular complexity index is 320. The minimum atomic E-state index is -0.494. The Morgan fingerprint density at radius 3 is 2.45 bits per heavy atom. The Hall–Kier alpha value is -1.34. The zero-order valence-electron chi connectivity index (χ0n) is 14.0. The van der Waals surface area contributed by atoms with Crippen molar-refractivity contribution >= 4 is 12.1 Å². The molecule has 1 heterocycles. The first-order chi connectivity index (χ1) is 10.3. The van der Waals surface area contributed by atoms with Gasteiger partial charge in [-0.25, -0.2) is 4.79 Å². The van der Waals surface area contributed by atoms with Gasteiger partial charge in [0.05, 0.1) is 19.8 Å². The summed E-state index contributed by atoms with van der Waals surface area (Å²) in [6.07, 6.45) is 2.69. The van der Waals surface area contributed by atoms with Crippen LogP contribution < -0.4 is 5.32 Å². The predicted molar refractivity (Wildman–Crippen MR) is 81.5 cm³/mol. The van der Waals surface area contributed by atoms with Crippen molar-refractivity contribution in [3.05, 3.63) is 0 Å². The largest absolute Gasteiger partial charge is 0.469 e. The van der Waals surface area contributed by atoms with E-state index in [9.17, 15) is 9.59 Å². The van der Waals surface area contributed by atoms with E-state index in [0.717, 1.165) is 19.4 Å². The maximum Gasteiger partial charge on any atom is 0.407 e. The van der Waals surface area contributed by atoms with Crippen molar-refractivity contribution in [3.8, 4) is 0 Å². The second kappa shape index (κ2) is 11.3. The fourth-order valence-corrected chi connectivity index (χ4v) is 1.63. The number of aliphatic hydroxyl groups excluding tert-OH is 1. The molecule has 1 amide bonds. The van der Waals surface area contributed by atoms with E-state index in [0.29, 0.717) is 19.4 Å². The molecule has 0 aromatic heterocycles. The van der Waals surface area contributed by atoms with Crippen molar-refractivity contribution in [2.45, 2.75) is 58.2 Å². The lowest BCUT2D eigenvalue weighted by molar-refractivity contribution is -0.140. The van der Waals surface area contributed by atoms with E-state index in [-0.39, 0.29) is 18.7 Å². The van der Waals surface area contributed by atoms with E-state index in [1.54, 1.807) is 20.8 Å². The minimum Gasteiger partial charge on any atom is -0.469 e. The summed E-state index contributed by atoms with van der Waals surface area (Å²) in [6, 6.07) is 0. The Labute approximate surface area is 132 Å². The molecule has 0 spiro atoms. The molecule has 1 saturated heterocycles. The third-order valence-corrected chi connectivity index (χ3v) is 2.68. The molecule has 0 aromatic carbocycles. The quantitative estimate of drug-likeness (QED) is 0.591. The Balaban J connectivity index is 0.000000518. The number of amides is 1. The van der Waals surface area contributed by atoms with Crippen LogP contribution in [-0.4, -0.2) is 55.7 Å². The van der Waals surface area contributed by atoms with Crippen molar-refractivity contribution in [3.63, 3.8) is 0 Å².